The average Bonchev–Trinajstić information content (AvgIpc) is 2.54. The molecular formula is C9H17NO7. The molecule has 8 heteroatoms. The Morgan fingerprint density at radius 3 is 2.29 bits per heavy atom. The van der Waals surface area contributed by atoms with E-state index in [1.165, 1.54) is 0 Å². The molecule has 0 spiro atoms. The Morgan fingerprint density at radius 2 is 1.82 bits per heavy atom. The minimum atomic E-state index is -1.41. The van der Waals surface area contributed by atoms with E-state index in [1.54, 1.807) is 0 Å². The van der Waals surface area contributed by atoms with Gasteiger partial charge in [-0.2, -0.15) is 0 Å². The number of carbonyl (C=O) groups is 1. The highest BCUT2D eigenvalue weighted by Gasteiger charge is 2.48. The van der Waals surface area contributed by atoms with E-state index >= 15 is 0 Å². The van der Waals surface area contributed by atoms with Gasteiger partial charge in [-0.1, -0.05) is 0 Å². The van der Waals surface area contributed by atoms with Gasteiger partial charge in [0, 0.05) is 6.04 Å². The topological polar surface area (TPSA) is 153 Å². The van der Waals surface area contributed by atoms with Crippen molar-refractivity contribution in [2.75, 3.05) is 6.61 Å². The van der Waals surface area contributed by atoms with Crippen molar-refractivity contribution in [1.82, 2.24) is 0 Å². The quantitative estimate of drug-likeness (QED) is 0.296. The van der Waals surface area contributed by atoms with Gasteiger partial charge in [0.25, 0.3) is 0 Å². The minimum Gasteiger partial charge on any atom is -0.481 e. The van der Waals surface area contributed by atoms with Gasteiger partial charge in [-0.3, -0.25) is 4.79 Å². The van der Waals surface area contributed by atoms with Gasteiger partial charge in [-0.15, -0.1) is 0 Å². The van der Waals surface area contributed by atoms with Crippen LogP contribution in [0.25, 0.3) is 0 Å². The number of aliphatic carboxylic acids is 1. The van der Waals surface area contributed by atoms with Crippen LogP contribution in [-0.4, -0.2) is 74.7 Å². The summed E-state index contributed by atoms with van der Waals surface area (Å²) in [4.78, 5) is 10.5. The van der Waals surface area contributed by atoms with Crippen LogP contribution < -0.4 is 5.73 Å². The molecule has 2 unspecified atom stereocenters. The van der Waals surface area contributed by atoms with Crippen LogP contribution in [0.3, 0.4) is 0 Å². The molecular weight excluding hydrogens is 234 g/mol. The molecule has 0 aliphatic carbocycles. The second-order valence-electron chi connectivity index (χ2n) is 4.06. The van der Waals surface area contributed by atoms with Crippen molar-refractivity contribution in [3.8, 4) is 0 Å². The lowest BCUT2D eigenvalue weighted by Gasteiger charge is -2.21. The Balaban J connectivity index is 2.67. The fraction of sp³-hybridized carbons (Fsp3) is 0.889. The maximum absolute atomic E-state index is 10.5. The van der Waals surface area contributed by atoms with Gasteiger partial charge in [0.2, 0.25) is 0 Å². The van der Waals surface area contributed by atoms with Crippen molar-refractivity contribution in [2.24, 2.45) is 5.73 Å². The second-order valence-corrected chi connectivity index (χ2v) is 4.06. The van der Waals surface area contributed by atoms with Crippen molar-refractivity contribution in [3.05, 3.63) is 0 Å². The number of hydrogen-bond donors (Lipinski definition) is 6. The molecule has 0 aromatic heterocycles. The van der Waals surface area contributed by atoms with Gasteiger partial charge >= 0.3 is 5.97 Å². The summed E-state index contributed by atoms with van der Waals surface area (Å²) >= 11 is 0. The van der Waals surface area contributed by atoms with Crippen LogP contribution in [0.4, 0.5) is 0 Å². The summed E-state index contributed by atoms with van der Waals surface area (Å²) in [5.41, 5.74) is 5.52. The molecule has 1 aliphatic heterocycles. The van der Waals surface area contributed by atoms with Gasteiger partial charge in [-0.05, 0) is 0 Å². The Morgan fingerprint density at radius 1 is 1.29 bits per heavy atom. The molecule has 17 heavy (non-hydrogen) atoms. The van der Waals surface area contributed by atoms with Crippen molar-refractivity contribution >= 4 is 5.97 Å². The van der Waals surface area contributed by atoms with Gasteiger partial charge < -0.3 is 36.0 Å². The molecule has 100 valence electrons. The van der Waals surface area contributed by atoms with Crippen LogP contribution in [-0.2, 0) is 9.53 Å². The number of aliphatic hydroxyl groups is 4. The summed E-state index contributed by atoms with van der Waals surface area (Å²) in [6.07, 6.45) is -6.87. The Labute approximate surface area is 97.2 Å². The fourth-order valence-electron chi connectivity index (χ4n) is 1.83. The van der Waals surface area contributed by atoms with Crippen LogP contribution >= 0.6 is 0 Å². The maximum Gasteiger partial charge on any atom is 0.305 e. The first kappa shape index (κ1) is 14.3. The third-order valence-corrected chi connectivity index (χ3v) is 2.74. The van der Waals surface area contributed by atoms with Crippen molar-refractivity contribution in [2.45, 2.75) is 43.0 Å². The van der Waals surface area contributed by atoms with E-state index in [2.05, 4.69) is 0 Å². The predicted octanol–water partition coefficient (Wildman–Crippen LogP) is -3.37. The van der Waals surface area contributed by atoms with Crippen LogP contribution in [0.1, 0.15) is 6.42 Å². The number of carboxylic acid groups (broad SMARTS) is 1. The smallest absolute Gasteiger partial charge is 0.305 e. The number of ether oxygens (including phenoxy) is 1. The zero-order valence-electron chi connectivity index (χ0n) is 9.01. The highest BCUT2D eigenvalue weighted by Crippen LogP contribution is 2.26. The van der Waals surface area contributed by atoms with Gasteiger partial charge in [0.05, 0.1) is 13.0 Å². The summed E-state index contributed by atoms with van der Waals surface area (Å²) in [6.45, 7) is -0.644. The summed E-state index contributed by atoms with van der Waals surface area (Å²) in [5, 5.41) is 45.8. The van der Waals surface area contributed by atoms with E-state index in [0.29, 0.717) is 0 Å². The molecule has 0 amide bonds. The lowest BCUT2D eigenvalue weighted by molar-refractivity contribution is -0.139. The SMILES string of the molecule is NC(CC(=O)O)C1O[C@H]([C@H](O)CO)[C@H](O)[C@@H]1O. The molecule has 1 rings (SSSR count). The molecule has 0 aromatic rings. The molecule has 8 nitrogen and oxygen atoms in total. The van der Waals surface area contributed by atoms with E-state index in [-0.39, 0.29) is 0 Å². The first-order valence-corrected chi connectivity index (χ1v) is 5.16. The van der Waals surface area contributed by atoms with Crippen molar-refractivity contribution < 1.29 is 35.1 Å². The average molecular weight is 251 g/mol. The van der Waals surface area contributed by atoms with E-state index in [1.807, 2.05) is 0 Å². The number of carboxylic acids is 1. The molecule has 0 saturated carbocycles. The van der Waals surface area contributed by atoms with Crippen LogP contribution in [0, 0.1) is 0 Å². The van der Waals surface area contributed by atoms with Gasteiger partial charge in [0.15, 0.2) is 0 Å². The summed E-state index contributed by atoms with van der Waals surface area (Å²) < 4.78 is 5.10. The lowest BCUT2D eigenvalue weighted by Crippen LogP contribution is -2.44. The number of hydrogen-bond acceptors (Lipinski definition) is 7. The molecule has 0 aromatic carbocycles. The molecule has 1 saturated heterocycles. The molecule has 7 N–H and O–H groups in total. The predicted molar refractivity (Wildman–Crippen MR) is 54.0 cm³/mol. The second kappa shape index (κ2) is 5.71. The van der Waals surface area contributed by atoms with E-state index in [4.69, 9.17) is 20.7 Å². The largest absolute Gasteiger partial charge is 0.481 e. The lowest BCUT2D eigenvalue weighted by atomic mass is 9.99. The standard InChI is InChI=1S/C9H17NO7/c10-3(1-5(13)14)8-6(15)7(16)9(17-8)4(12)2-11/h3-4,6-9,11-12,15-16H,1-2,10H2,(H,13,14)/t3?,4-,6+,7-,8?,9-/m1/s1. The Kier molecular flexibility index (Phi) is 4.80. The zero-order chi connectivity index (χ0) is 13.2. The van der Waals surface area contributed by atoms with Gasteiger partial charge in [-0.25, -0.2) is 0 Å². The third-order valence-electron chi connectivity index (χ3n) is 2.74. The van der Waals surface area contributed by atoms with Crippen molar-refractivity contribution in [1.29, 1.82) is 0 Å². The molecule has 1 heterocycles. The first-order valence-electron chi connectivity index (χ1n) is 5.16. The van der Waals surface area contributed by atoms with E-state index < -0.39 is 55.6 Å². The van der Waals surface area contributed by atoms with Gasteiger partial charge in [0.1, 0.15) is 30.5 Å². The summed E-state index contributed by atoms with van der Waals surface area (Å²) in [6, 6.07) is -1.01. The van der Waals surface area contributed by atoms with E-state index in [0.717, 1.165) is 0 Å². The maximum atomic E-state index is 10.5. The molecule has 1 fully saturated rings. The van der Waals surface area contributed by atoms with Crippen molar-refractivity contribution in [3.63, 3.8) is 0 Å². The van der Waals surface area contributed by atoms with Crippen LogP contribution in [0.15, 0.2) is 0 Å². The Hall–Kier alpha value is -0.770. The zero-order valence-corrected chi connectivity index (χ0v) is 9.01. The van der Waals surface area contributed by atoms with Crippen LogP contribution in [0.2, 0.25) is 0 Å². The fourth-order valence-corrected chi connectivity index (χ4v) is 1.83. The number of aliphatic hydroxyl groups excluding tert-OH is 4. The van der Waals surface area contributed by atoms with Crippen LogP contribution in [0.5, 0.6) is 0 Å². The summed E-state index contributed by atoms with van der Waals surface area (Å²) in [5.74, 6) is -1.16. The number of nitrogens with two attached hydrogens (primary N) is 1. The highest BCUT2D eigenvalue weighted by molar-refractivity contribution is 5.67. The molecule has 6 atom stereocenters. The normalized spacial score (nSPS) is 36.8. The summed E-state index contributed by atoms with van der Waals surface area (Å²) in [7, 11) is 0. The number of rotatable bonds is 5. The highest BCUT2D eigenvalue weighted by atomic mass is 16.6. The molecule has 1 aliphatic rings. The van der Waals surface area contributed by atoms with E-state index in [9.17, 15) is 20.1 Å². The molecule has 0 bridgehead atoms. The molecule has 0 radical (unpaired) electrons. The third kappa shape index (κ3) is 3.12. The Bertz CT molecular complexity index is 274. The first-order chi connectivity index (χ1) is 7.88. The minimum absolute atomic E-state index is 0.434. The monoisotopic (exact) mass is 251 g/mol.